The van der Waals surface area contributed by atoms with Crippen LogP contribution in [0, 0.1) is 5.82 Å². The van der Waals surface area contributed by atoms with Gasteiger partial charge in [0.1, 0.15) is 18.2 Å². The van der Waals surface area contributed by atoms with Crippen LogP contribution < -0.4 is 9.64 Å². The maximum atomic E-state index is 13.6. The van der Waals surface area contributed by atoms with E-state index < -0.39 is 0 Å². The summed E-state index contributed by atoms with van der Waals surface area (Å²) in [4.78, 5) is 20.4. The highest BCUT2D eigenvalue weighted by Crippen LogP contribution is 2.40. The van der Waals surface area contributed by atoms with Gasteiger partial charge < -0.3 is 4.74 Å². The Hall–Kier alpha value is -2.62. The molecule has 1 heterocycles. The molecule has 0 aliphatic carbocycles. The predicted octanol–water partition coefficient (Wildman–Crippen LogP) is 10.0. The molecule has 1 amide bonds. The maximum absolute atomic E-state index is 13.6. The van der Waals surface area contributed by atoms with E-state index in [0.717, 1.165) is 5.56 Å². The number of halogens is 5. The molecule has 39 heavy (non-hydrogen) atoms. The molecule has 1 saturated heterocycles. The minimum absolute atomic E-state index is 0.199. The number of carbonyl (C=O) groups is 1. The molecule has 4 nitrogen and oxygen atoms in total. The number of hydrogen-bond donors (Lipinski definition) is 0. The minimum Gasteiger partial charge on any atom is -0.487 e. The molecule has 4 aromatic rings. The van der Waals surface area contributed by atoms with Gasteiger partial charge in [0.2, 0.25) is 0 Å². The Morgan fingerprint density at radius 2 is 1.56 bits per heavy atom. The van der Waals surface area contributed by atoms with E-state index in [0.29, 0.717) is 51.8 Å². The van der Waals surface area contributed by atoms with Crippen molar-refractivity contribution in [2.45, 2.75) is 6.61 Å². The monoisotopic (exact) mass is 704 g/mol. The van der Waals surface area contributed by atoms with E-state index in [4.69, 9.17) is 32.9 Å². The Balaban J connectivity index is 1.45. The number of rotatable bonds is 6. The molecule has 0 saturated carbocycles. The number of anilines is 1. The van der Waals surface area contributed by atoms with Gasteiger partial charge in [-0.05, 0) is 134 Å². The standard InChI is InChI=1S/C29H17Br2Cl2FN2O2S/c30-24-13-18(14-25(31)27(24)38-16-17-2-1-3-21(34)12-17)15-26-28(37)36(23-10-6-20(33)7-11-23)29(39-26)35-22-8-4-19(32)5-9-22/h1-15H,16H2/b26-15-,35-29?. The molecule has 10 heteroatoms. The number of amides is 1. The first kappa shape index (κ1) is 27.9. The summed E-state index contributed by atoms with van der Waals surface area (Å²) in [6.07, 6.45) is 1.80. The van der Waals surface area contributed by atoms with Crippen molar-refractivity contribution in [1.82, 2.24) is 0 Å². The summed E-state index contributed by atoms with van der Waals surface area (Å²) in [6.45, 7) is 0.199. The second-order valence-corrected chi connectivity index (χ2v) is 11.9. The average molecular weight is 707 g/mol. The molecular weight excluding hydrogens is 690 g/mol. The Bertz CT molecular complexity index is 1590. The molecule has 0 radical (unpaired) electrons. The van der Waals surface area contributed by atoms with Crippen molar-refractivity contribution >= 4 is 95.3 Å². The van der Waals surface area contributed by atoms with Crippen molar-refractivity contribution in [2.24, 2.45) is 4.99 Å². The Morgan fingerprint density at radius 1 is 0.923 bits per heavy atom. The first-order valence-electron chi connectivity index (χ1n) is 11.5. The van der Waals surface area contributed by atoms with Gasteiger partial charge in [0.05, 0.1) is 25.2 Å². The topological polar surface area (TPSA) is 41.9 Å². The van der Waals surface area contributed by atoms with E-state index in [9.17, 15) is 9.18 Å². The zero-order chi connectivity index (χ0) is 27.5. The summed E-state index contributed by atoms with van der Waals surface area (Å²) in [5.41, 5.74) is 2.80. The molecule has 1 aliphatic rings. The van der Waals surface area contributed by atoms with E-state index in [1.807, 2.05) is 12.1 Å². The van der Waals surface area contributed by atoms with Gasteiger partial charge in [-0.1, -0.05) is 35.3 Å². The normalized spacial score (nSPS) is 15.4. The van der Waals surface area contributed by atoms with Gasteiger partial charge in [0.15, 0.2) is 5.17 Å². The molecule has 196 valence electrons. The van der Waals surface area contributed by atoms with E-state index in [1.165, 1.54) is 23.9 Å². The number of benzene rings is 4. The molecule has 0 N–H and O–H groups in total. The molecule has 5 rings (SSSR count). The Labute approximate surface area is 255 Å². The number of carbonyl (C=O) groups excluding carboxylic acids is 1. The molecule has 0 aromatic heterocycles. The second-order valence-electron chi connectivity index (χ2n) is 8.33. The maximum Gasteiger partial charge on any atom is 0.271 e. The number of nitrogens with zero attached hydrogens (tertiary/aromatic N) is 2. The number of hydrogen-bond acceptors (Lipinski definition) is 4. The van der Waals surface area contributed by atoms with Gasteiger partial charge >= 0.3 is 0 Å². The third-order valence-electron chi connectivity index (χ3n) is 5.53. The molecule has 1 fully saturated rings. The largest absolute Gasteiger partial charge is 0.487 e. The first-order valence-corrected chi connectivity index (χ1v) is 14.6. The lowest BCUT2D eigenvalue weighted by atomic mass is 10.2. The fourth-order valence-electron chi connectivity index (χ4n) is 3.73. The van der Waals surface area contributed by atoms with Gasteiger partial charge in [0.25, 0.3) is 5.91 Å². The van der Waals surface area contributed by atoms with E-state index in [2.05, 4.69) is 31.9 Å². The molecule has 4 aromatic carbocycles. The van der Waals surface area contributed by atoms with Gasteiger partial charge in [-0.2, -0.15) is 0 Å². The SMILES string of the molecule is O=C1/C(=C/c2cc(Br)c(OCc3cccc(F)c3)c(Br)c2)SC(=Nc2ccc(Cl)cc2)N1c1ccc(Cl)cc1. The van der Waals surface area contributed by atoms with Crippen molar-refractivity contribution in [3.63, 3.8) is 0 Å². The highest BCUT2D eigenvalue weighted by molar-refractivity contribution is 9.11. The number of aliphatic imine (C=N–C) groups is 1. The summed E-state index contributed by atoms with van der Waals surface area (Å²) in [7, 11) is 0. The van der Waals surface area contributed by atoms with Crippen LogP contribution in [0.2, 0.25) is 10.0 Å². The number of ether oxygens (including phenoxy) is 1. The number of thioether (sulfide) groups is 1. The summed E-state index contributed by atoms with van der Waals surface area (Å²) < 4.78 is 20.8. The fraction of sp³-hybridized carbons (Fsp3) is 0.0345. The van der Waals surface area contributed by atoms with Crippen LogP contribution in [0.15, 0.2) is 104 Å². The summed E-state index contributed by atoms with van der Waals surface area (Å²) in [5.74, 6) is 0.0369. The van der Waals surface area contributed by atoms with Crippen LogP contribution in [0.5, 0.6) is 5.75 Å². The van der Waals surface area contributed by atoms with Crippen molar-refractivity contribution in [3.05, 3.63) is 126 Å². The molecule has 1 aliphatic heterocycles. The lowest BCUT2D eigenvalue weighted by Crippen LogP contribution is -2.28. The minimum atomic E-state index is -0.318. The quantitative estimate of drug-likeness (QED) is 0.188. The lowest BCUT2D eigenvalue weighted by molar-refractivity contribution is -0.113. The Morgan fingerprint density at radius 3 is 2.21 bits per heavy atom. The van der Waals surface area contributed by atoms with Crippen LogP contribution >= 0.6 is 66.8 Å². The van der Waals surface area contributed by atoms with Crippen molar-refractivity contribution in [3.8, 4) is 5.75 Å². The second kappa shape index (κ2) is 12.3. The van der Waals surface area contributed by atoms with Crippen LogP contribution in [-0.4, -0.2) is 11.1 Å². The van der Waals surface area contributed by atoms with E-state index >= 15 is 0 Å². The van der Waals surface area contributed by atoms with Gasteiger partial charge in [-0.15, -0.1) is 0 Å². The van der Waals surface area contributed by atoms with Gasteiger partial charge in [-0.3, -0.25) is 9.69 Å². The lowest BCUT2D eigenvalue weighted by Gasteiger charge is -2.15. The summed E-state index contributed by atoms with van der Waals surface area (Å²) in [5, 5.41) is 1.67. The van der Waals surface area contributed by atoms with Crippen LogP contribution in [0.3, 0.4) is 0 Å². The van der Waals surface area contributed by atoms with Crippen LogP contribution in [0.25, 0.3) is 6.08 Å². The van der Waals surface area contributed by atoms with Gasteiger partial charge in [0, 0.05) is 10.0 Å². The van der Waals surface area contributed by atoms with Crippen LogP contribution in [-0.2, 0) is 11.4 Å². The predicted molar refractivity (Wildman–Crippen MR) is 166 cm³/mol. The van der Waals surface area contributed by atoms with Crippen molar-refractivity contribution in [2.75, 3.05) is 4.90 Å². The van der Waals surface area contributed by atoms with Crippen LogP contribution in [0.1, 0.15) is 11.1 Å². The fourth-order valence-corrected chi connectivity index (χ4v) is 6.43. The van der Waals surface area contributed by atoms with Crippen molar-refractivity contribution < 1.29 is 13.9 Å². The molecule has 0 bridgehead atoms. The molecule has 0 atom stereocenters. The Kier molecular flexibility index (Phi) is 8.79. The molecular formula is C29H17Br2Cl2FN2O2S. The zero-order valence-electron chi connectivity index (χ0n) is 19.9. The first-order chi connectivity index (χ1) is 18.8. The highest BCUT2D eigenvalue weighted by Gasteiger charge is 2.35. The van der Waals surface area contributed by atoms with Crippen molar-refractivity contribution in [1.29, 1.82) is 0 Å². The molecule has 0 spiro atoms. The molecule has 0 unspecified atom stereocenters. The average Bonchev–Trinajstić information content (AvgIpc) is 3.19. The summed E-state index contributed by atoms with van der Waals surface area (Å²) >= 11 is 20.5. The third-order valence-corrected chi connectivity index (χ3v) is 8.18. The van der Waals surface area contributed by atoms with E-state index in [1.54, 1.807) is 71.6 Å². The third kappa shape index (κ3) is 6.76. The zero-order valence-corrected chi connectivity index (χ0v) is 25.4. The van der Waals surface area contributed by atoms with Crippen LogP contribution in [0.4, 0.5) is 15.8 Å². The summed E-state index contributed by atoms with van der Waals surface area (Å²) in [6, 6.07) is 24.1. The van der Waals surface area contributed by atoms with E-state index in [-0.39, 0.29) is 18.3 Å². The van der Waals surface area contributed by atoms with Gasteiger partial charge in [-0.25, -0.2) is 9.38 Å². The highest BCUT2D eigenvalue weighted by atomic mass is 79.9. The number of amidine groups is 1. The smallest absolute Gasteiger partial charge is 0.271 e.